The van der Waals surface area contributed by atoms with Gasteiger partial charge in [0.15, 0.2) is 0 Å². The second-order valence-corrected chi connectivity index (χ2v) is 5.76. The summed E-state index contributed by atoms with van der Waals surface area (Å²) < 4.78 is 22.5. The molecular weight excluding hydrogens is 357 g/mol. The van der Waals surface area contributed by atoms with Gasteiger partial charge in [-0.3, -0.25) is 4.79 Å². The number of rotatable bonds is 3. The maximum Gasteiger partial charge on any atom is 0.228 e. The molecule has 0 radical (unpaired) electrons. The molecular formula is C14H9BrFN3OS. The highest BCUT2D eigenvalue weighted by Crippen LogP contribution is 2.22. The molecule has 0 aliphatic heterocycles. The number of amides is 1. The van der Waals surface area contributed by atoms with E-state index < -0.39 is 5.82 Å². The molecule has 4 nitrogen and oxygen atoms in total. The fourth-order valence-corrected chi connectivity index (χ4v) is 2.92. The molecule has 0 unspecified atom stereocenters. The Morgan fingerprint density at radius 3 is 2.90 bits per heavy atom. The zero-order valence-electron chi connectivity index (χ0n) is 10.6. The number of halogens is 2. The van der Waals surface area contributed by atoms with Crippen LogP contribution in [0.4, 0.5) is 10.1 Å². The lowest BCUT2D eigenvalue weighted by Crippen LogP contribution is -2.15. The maximum absolute atomic E-state index is 13.9. The Hall–Kier alpha value is -1.86. The van der Waals surface area contributed by atoms with Crippen molar-refractivity contribution in [1.82, 2.24) is 8.75 Å². The van der Waals surface area contributed by atoms with Gasteiger partial charge in [0.2, 0.25) is 5.91 Å². The zero-order valence-corrected chi connectivity index (χ0v) is 13.0. The minimum Gasteiger partial charge on any atom is -0.324 e. The summed E-state index contributed by atoms with van der Waals surface area (Å²) in [6.07, 6.45) is -0.0424. The van der Waals surface area contributed by atoms with Crippen LogP contribution in [0.1, 0.15) is 5.56 Å². The molecule has 7 heteroatoms. The summed E-state index contributed by atoms with van der Waals surface area (Å²) in [4.78, 5) is 12.1. The number of fused-ring (bicyclic) bond motifs is 1. The van der Waals surface area contributed by atoms with E-state index in [0.717, 1.165) is 17.2 Å². The average Bonchev–Trinajstić information content (AvgIpc) is 2.93. The molecule has 0 bridgehead atoms. The van der Waals surface area contributed by atoms with E-state index in [4.69, 9.17) is 0 Å². The van der Waals surface area contributed by atoms with Crippen molar-refractivity contribution in [3.8, 4) is 0 Å². The zero-order chi connectivity index (χ0) is 14.8. The van der Waals surface area contributed by atoms with Crippen molar-refractivity contribution in [2.75, 3.05) is 5.32 Å². The number of anilines is 1. The van der Waals surface area contributed by atoms with Crippen molar-refractivity contribution in [3.63, 3.8) is 0 Å². The Bertz CT molecular complexity index is 821. The molecule has 1 N–H and O–H groups in total. The standard InChI is InChI=1S/C14H9BrFN3OS/c15-9-4-1-3-8(13(9)16)7-12(20)17-10-5-2-6-11-14(10)19-21-18-11/h1-6H,7H2,(H,17,20). The first-order valence-electron chi connectivity index (χ1n) is 6.09. The molecule has 0 aliphatic rings. The summed E-state index contributed by atoms with van der Waals surface area (Å²) in [7, 11) is 0. The van der Waals surface area contributed by atoms with Crippen LogP contribution in [0.3, 0.4) is 0 Å². The van der Waals surface area contributed by atoms with Gasteiger partial charge in [-0.2, -0.15) is 8.75 Å². The number of nitrogens with one attached hydrogen (secondary N) is 1. The smallest absolute Gasteiger partial charge is 0.228 e. The second kappa shape index (κ2) is 5.87. The third kappa shape index (κ3) is 2.93. The monoisotopic (exact) mass is 365 g/mol. The van der Waals surface area contributed by atoms with Gasteiger partial charge in [-0.1, -0.05) is 18.2 Å². The first-order valence-corrected chi connectivity index (χ1v) is 7.61. The number of carbonyl (C=O) groups excluding carboxylic acids is 1. The number of benzene rings is 2. The van der Waals surface area contributed by atoms with E-state index in [1.807, 2.05) is 6.07 Å². The molecule has 3 rings (SSSR count). The van der Waals surface area contributed by atoms with Crippen LogP contribution >= 0.6 is 27.7 Å². The molecule has 0 spiro atoms. The van der Waals surface area contributed by atoms with E-state index in [-0.39, 0.29) is 12.3 Å². The number of nitrogens with zero attached hydrogens (tertiary/aromatic N) is 2. The van der Waals surface area contributed by atoms with E-state index in [9.17, 15) is 9.18 Å². The van der Waals surface area contributed by atoms with E-state index >= 15 is 0 Å². The molecule has 3 aromatic rings. The number of carbonyl (C=O) groups is 1. The van der Waals surface area contributed by atoms with Gasteiger partial charge in [-0.05, 0) is 39.7 Å². The van der Waals surface area contributed by atoms with Crippen molar-refractivity contribution in [2.24, 2.45) is 0 Å². The minimum atomic E-state index is -0.416. The Kier molecular flexibility index (Phi) is 3.94. The fourth-order valence-electron chi connectivity index (χ4n) is 1.96. The van der Waals surface area contributed by atoms with E-state index in [1.54, 1.807) is 30.3 Å². The highest BCUT2D eigenvalue weighted by molar-refractivity contribution is 9.10. The predicted octanol–water partition coefficient (Wildman–Crippen LogP) is 3.77. The van der Waals surface area contributed by atoms with Gasteiger partial charge in [0.25, 0.3) is 0 Å². The highest BCUT2D eigenvalue weighted by atomic mass is 79.9. The second-order valence-electron chi connectivity index (χ2n) is 4.38. The summed E-state index contributed by atoms with van der Waals surface area (Å²) in [6.45, 7) is 0. The van der Waals surface area contributed by atoms with E-state index in [2.05, 4.69) is 30.0 Å². The minimum absolute atomic E-state index is 0.0424. The van der Waals surface area contributed by atoms with Crippen molar-refractivity contribution in [2.45, 2.75) is 6.42 Å². The third-order valence-electron chi connectivity index (χ3n) is 2.94. The SMILES string of the molecule is O=C(Cc1cccc(Br)c1F)Nc1cccc2nsnc12. The van der Waals surface area contributed by atoms with Gasteiger partial charge in [-0.15, -0.1) is 0 Å². The lowest BCUT2D eigenvalue weighted by molar-refractivity contribution is -0.115. The third-order valence-corrected chi connectivity index (χ3v) is 4.10. The summed E-state index contributed by atoms with van der Waals surface area (Å²) in [5, 5.41) is 2.75. The summed E-state index contributed by atoms with van der Waals surface area (Å²) in [6, 6.07) is 10.2. The van der Waals surface area contributed by atoms with Gasteiger partial charge < -0.3 is 5.32 Å². The molecule has 106 valence electrons. The number of hydrogen-bond acceptors (Lipinski definition) is 4. The predicted molar refractivity (Wildman–Crippen MR) is 83.8 cm³/mol. The molecule has 2 aromatic carbocycles. The first kappa shape index (κ1) is 14.1. The average molecular weight is 366 g/mol. The number of hydrogen-bond donors (Lipinski definition) is 1. The molecule has 0 atom stereocenters. The van der Waals surface area contributed by atoms with Crippen molar-refractivity contribution in [3.05, 3.63) is 52.3 Å². The molecule has 0 aliphatic carbocycles. The highest BCUT2D eigenvalue weighted by Gasteiger charge is 2.12. The van der Waals surface area contributed by atoms with Crippen LogP contribution in [-0.4, -0.2) is 14.7 Å². The van der Waals surface area contributed by atoms with Crippen LogP contribution in [0, 0.1) is 5.82 Å². The molecule has 0 saturated heterocycles. The lowest BCUT2D eigenvalue weighted by Gasteiger charge is -2.07. The summed E-state index contributed by atoms with van der Waals surface area (Å²) in [5.41, 5.74) is 2.30. The summed E-state index contributed by atoms with van der Waals surface area (Å²) >= 11 is 4.19. The Labute approximate surface area is 132 Å². The van der Waals surface area contributed by atoms with Crippen molar-refractivity contribution in [1.29, 1.82) is 0 Å². The molecule has 1 amide bonds. The first-order chi connectivity index (χ1) is 10.1. The van der Waals surface area contributed by atoms with E-state index in [0.29, 0.717) is 21.2 Å². The lowest BCUT2D eigenvalue weighted by atomic mass is 10.1. The fraction of sp³-hybridized carbons (Fsp3) is 0.0714. The number of aromatic nitrogens is 2. The Balaban J connectivity index is 1.81. The molecule has 0 saturated carbocycles. The van der Waals surface area contributed by atoms with Crippen molar-refractivity contribution < 1.29 is 9.18 Å². The van der Waals surface area contributed by atoms with Crippen molar-refractivity contribution >= 4 is 50.3 Å². The van der Waals surface area contributed by atoms with Gasteiger partial charge in [0, 0.05) is 0 Å². The molecule has 1 aromatic heterocycles. The van der Waals surface area contributed by atoms with Gasteiger partial charge in [0.05, 0.1) is 28.3 Å². The topological polar surface area (TPSA) is 54.9 Å². The van der Waals surface area contributed by atoms with Gasteiger partial charge in [-0.25, -0.2) is 4.39 Å². The van der Waals surface area contributed by atoms with E-state index in [1.165, 1.54) is 0 Å². The van der Waals surface area contributed by atoms with Crippen LogP contribution in [0.15, 0.2) is 40.9 Å². The van der Waals surface area contributed by atoms with Crippen LogP contribution in [-0.2, 0) is 11.2 Å². The Morgan fingerprint density at radius 2 is 2.05 bits per heavy atom. The molecule has 1 heterocycles. The normalized spacial score (nSPS) is 10.8. The quantitative estimate of drug-likeness (QED) is 0.768. The summed E-state index contributed by atoms with van der Waals surface area (Å²) in [5.74, 6) is -0.714. The maximum atomic E-state index is 13.9. The Morgan fingerprint density at radius 1 is 1.24 bits per heavy atom. The molecule has 0 fully saturated rings. The van der Waals surface area contributed by atoms with Crippen LogP contribution < -0.4 is 5.32 Å². The largest absolute Gasteiger partial charge is 0.324 e. The van der Waals surface area contributed by atoms with Gasteiger partial charge >= 0.3 is 0 Å². The molecule has 21 heavy (non-hydrogen) atoms. The van der Waals surface area contributed by atoms with Crippen LogP contribution in [0.5, 0.6) is 0 Å². The van der Waals surface area contributed by atoms with Gasteiger partial charge in [0.1, 0.15) is 16.9 Å². The van der Waals surface area contributed by atoms with Crippen LogP contribution in [0.2, 0.25) is 0 Å². The van der Waals surface area contributed by atoms with Crippen LogP contribution in [0.25, 0.3) is 11.0 Å².